The highest BCUT2D eigenvalue weighted by Crippen LogP contribution is 2.16. The van der Waals surface area contributed by atoms with Crippen LogP contribution in [-0.4, -0.2) is 37.2 Å². The Morgan fingerprint density at radius 2 is 0.532 bits per heavy atom. The van der Waals surface area contributed by atoms with Crippen molar-refractivity contribution in [3.05, 3.63) is 134 Å². The van der Waals surface area contributed by atoms with Crippen LogP contribution >= 0.6 is 0 Å². The summed E-state index contributed by atoms with van der Waals surface area (Å²) in [5, 5.41) is 0. The molecule has 0 fully saturated rings. The number of allylic oxidation sites excluding steroid dienone is 21. The molecule has 0 bridgehead atoms. The number of unbranched alkanes of at least 4 members (excludes halogenated alkanes) is 26. The number of ether oxygens (including phenoxy) is 3. The van der Waals surface area contributed by atoms with Gasteiger partial charge in [0.2, 0.25) is 0 Å². The Balaban J connectivity index is 4.32. The van der Waals surface area contributed by atoms with Crippen LogP contribution in [0.15, 0.2) is 134 Å². The first-order chi connectivity index (χ1) is 39.0. The summed E-state index contributed by atoms with van der Waals surface area (Å²) >= 11 is 0. The molecule has 0 spiro atoms. The molecule has 0 aliphatic heterocycles. The molecule has 0 heterocycles. The van der Waals surface area contributed by atoms with E-state index in [1.165, 1.54) is 141 Å². The highest BCUT2D eigenvalue weighted by atomic mass is 16.6. The number of hydrogen-bond acceptors (Lipinski definition) is 6. The number of rotatable bonds is 58. The second kappa shape index (κ2) is 66.1. The number of carbonyl (C=O) groups is 3. The van der Waals surface area contributed by atoms with Crippen LogP contribution in [0.25, 0.3) is 0 Å². The third kappa shape index (κ3) is 64.3. The van der Waals surface area contributed by atoms with Crippen molar-refractivity contribution in [1.82, 2.24) is 0 Å². The smallest absolute Gasteiger partial charge is 0.310 e. The van der Waals surface area contributed by atoms with Crippen LogP contribution in [-0.2, 0) is 28.6 Å². The maximum Gasteiger partial charge on any atom is 0.310 e. The molecule has 0 rings (SSSR count). The van der Waals surface area contributed by atoms with Gasteiger partial charge in [-0.3, -0.25) is 14.4 Å². The Morgan fingerprint density at radius 1 is 0.278 bits per heavy atom. The van der Waals surface area contributed by atoms with Crippen LogP contribution in [0.3, 0.4) is 0 Å². The summed E-state index contributed by atoms with van der Waals surface area (Å²) in [5.74, 6) is -1.04. The Bertz CT molecular complexity index is 1680. The summed E-state index contributed by atoms with van der Waals surface area (Å²) in [6.45, 7) is 6.34. The lowest BCUT2D eigenvalue weighted by atomic mass is 10.0. The largest absolute Gasteiger partial charge is 0.462 e. The van der Waals surface area contributed by atoms with E-state index in [9.17, 15) is 14.4 Å². The molecular formula is C73H120O6. The van der Waals surface area contributed by atoms with E-state index in [4.69, 9.17) is 14.2 Å². The van der Waals surface area contributed by atoms with Crippen LogP contribution in [0.2, 0.25) is 0 Å². The molecule has 0 aromatic carbocycles. The zero-order valence-electron chi connectivity index (χ0n) is 51.3. The zero-order chi connectivity index (χ0) is 57.1. The van der Waals surface area contributed by atoms with Crippen molar-refractivity contribution in [3.63, 3.8) is 0 Å². The van der Waals surface area contributed by atoms with Gasteiger partial charge in [0.05, 0.1) is 6.42 Å². The lowest BCUT2D eigenvalue weighted by Gasteiger charge is -2.18. The van der Waals surface area contributed by atoms with Crippen LogP contribution < -0.4 is 0 Å². The molecule has 0 aliphatic carbocycles. The molecule has 0 radical (unpaired) electrons. The lowest BCUT2D eigenvalue weighted by Crippen LogP contribution is -2.30. The van der Waals surface area contributed by atoms with Gasteiger partial charge in [-0.15, -0.1) is 0 Å². The summed E-state index contributed by atoms with van der Waals surface area (Å²) in [7, 11) is 0. The lowest BCUT2D eigenvalue weighted by molar-refractivity contribution is -0.166. The molecule has 1 atom stereocenters. The Hall–Kier alpha value is -4.45. The molecular weight excluding hydrogens is 973 g/mol. The first-order valence-electron chi connectivity index (χ1n) is 32.7. The molecule has 6 heteroatoms. The van der Waals surface area contributed by atoms with Crippen LogP contribution in [0.4, 0.5) is 0 Å². The topological polar surface area (TPSA) is 78.9 Å². The minimum atomic E-state index is -0.836. The van der Waals surface area contributed by atoms with E-state index in [0.717, 1.165) is 109 Å². The van der Waals surface area contributed by atoms with Crippen LogP contribution in [0, 0.1) is 0 Å². The van der Waals surface area contributed by atoms with Gasteiger partial charge in [-0.1, -0.05) is 309 Å². The van der Waals surface area contributed by atoms with E-state index >= 15 is 0 Å². The van der Waals surface area contributed by atoms with Crippen molar-refractivity contribution in [2.24, 2.45) is 0 Å². The molecule has 0 aromatic heterocycles. The van der Waals surface area contributed by atoms with E-state index in [-0.39, 0.29) is 31.6 Å². The summed E-state index contributed by atoms with van der Waals surface area (Å²) in [6, 6.07) is 0. The van der Waals surface area contributed by atoms with Crippen LogP contribution in [0.1, 0.15) is 290 Å². The second-order valence-corrected chi connectivity index (χ2v) is 21.3. The van der Waals surface area contributed by atoms with Crippen molar-refractivity contribution < 1.29 is 28.6 Å². The van der Waals surface area contributed by atoms with E-state index in [2.05, 4.69) is 142 Å². The van der Waals surface area contributed by atoms with Gasteiger partial charge in [-0.05, 0) is 96.3 Å². The van der Waals surface area contributed by atoms with Crippen molar-refractivity contribution in [2.75, 3.05) is 13.2 Å². The minimum absolute atomic E-state index is 0.0946. The third-order valence-electron chi connectivity index (χ3n) is 13.7. The molecule has 0 saturated heterocycles. The summed E-state index contributed by atoms with van der Waals surface area (Å²) in [4.78, 5) is 38.2. The number of hydrogen-bond donors (Lipinski definition) is 0. The highest BCUT2D eigenvalue weighted by Gasteiger charge is 2.19. The molecule has 79 heavy (non-hydrogen) atoms. The molecule has 0 saturated carbocycles. The van der Waals surface area contributed by atoms with Crippen molar-refractivity contribution in [1.29, 1.82) is 0 Å². The normalized spacial score (nSPS) is 13.0. The van der Waals surface area contributed by atoms with E-state index in [1.807, 2.05) is 6.08 Å². The van der Waals surface area contributed by atoms with Crippen molar-refractivity contribution in [2.45, 2.75) is 297 Å². The predicted octanol–water partition coefficient (Wildman–Crippen LogP) is 22.5. The predicted molar refractivity (Wildman–Crippen MR) is 343 cm³/mol. The SMILES string of the molecule is CC/C=C\C/C=C\C/C=C\C/C=C\C/C=C\C/C=C\CCCCCCCCCCCCCCC(=O)OCC(COC(=O)CCCCCCCCCCCCCCCCC)OC(=O)C/C=C\C/C=C\C/C=C\C/C=C\C/C=C\CC. The highest BCUT2D eigenvalue weighted by molar-refractivity contribution is 5.72. The average Bonchev–Trinajstić information content (AvgIpc) is 3.45. The quantitative estimate of drug-likeness (QED) is 0.0261. The molecule has 0 aromatic rings. The average molecular weight is 1090 g/mol. The monoisotopic (exact) mass is 1090 g/mol. The van der Waals surface area contributed by atoms with Gasteiger partial charge >= 0.3 is 17.9 Å². The molecule has 1 unspecified atom stereocenters. The second-order valence-electron chi connectivity index (χ2n) is 21.3. The zero-order valence-corrected chi connectivity index (χ0v) is 51.3. The molecule has 0 amide bonds. The summed E-state index contributed by atoms with van der Waals surface area (Å²) < 4.78 is 16.8. The number of carbonyl (C=O) groups excluding carboxylic acids is 3. The van der Waals surface area contributed by atoms with Crippen molar-refractivity contribution >= 4 is 17.9 Å². The standard InChI is InChI=1S/C73H120O6/c1-4-7-10-13-16-19-22-25-28-29-30-31-32-33-34-35-36-37-38-39-40-41-42-43-46-48-51-54-57-60-63-66-72(75)78-69-70(79-73(76)67-64-61-58-55-52-49-45-27-24-21-18-15-12-9-6-3)68-77-71(74)65-62-59-56-53-50-47-44-26-23-20-17-14-11-8-5-2/h7,9-10,12,16,18-19,21,25,27-28,30-31,33-34,36-37,45,52,55,61,64,70H,4-6,8,11,13-15,17,20,22-24,26,29,32,35,38-44,46-51,53-54,56-60,62-63,65-69H2,1-3H3/b10-7-,12-9-,19-16-,21-18-,28-25-,31-30-,34-33-,37-36-,45-27-,55-52-,64-61-. The third-order valence-corrected chi connectivity index (χ3v) is 13.7. The Kier molecular flexibility index (Phi) is 62.3. The van der Waals surface area contributed by atoms with Gasteiger partial charge < -0.3 is 14.2 Å². The van der Waals surface area contributed by atoms with Gasteiger partial charge in [-0.2, -0.15) is 0 Å². The first-order valence-corrected chi connectivity index (χ1v) is 32.7. The fourth-order valence-corrected chi connectivity index (χ4v) is 8.88. The first kappa shape index (κ1) is 74.5. The number of esters is 3. The van der Waals surface area contributed by atoms with Gasteiger partial charge in [0.25, 0.3) is 0 Å². The van der Waals surface area contributed by atoms with Gasteiger partial charge in [0.1, 0.15) is 13.2 Å². The molecule has 448 valence electrons. The Labute approximate surface area is 487 Å². The van der Waals surface area contributed by atoms with E-state index in [0.29, 0.717) is 12.8 Å². The van der Waals surface area contributed by atoms with Gasteiger partial charge in [0.15, 0.2) is 6.10 Å². The summed E-state index contributed by atoms with van der Waals surface area (Å²) in [5.41, 5.74) is 0. The molecule has 0 aliphatic rings. The fourth-order valence-electron chi connectivity index (χ4n) is 8.88. The maximum atomic E-state index is 12.8. The van der Waals surface area contributed by atoms with Gasteiger partial charge in [0, 0.05) is 12.8 Å². The fraction of sp³-hybridized carbons (Fsp3) is 0.658. The van der Waals surface area contributed by atoms with E-state index < -0.39 is 12.1 Å². The van der Waals surface area contributed by atoms with E-state index in [1.54, 1.807) is 6.08 Å². The maximum absolute atomic E-state index is 12.8. The Morgan fingerprint density at radius 3 is 0.835 bits per heavy atom. The summed E-state index contributed by atoms with van der Waals surface area (Å²) in [6.07, 6.45) is 93.5. The molecule has 0 N–H and O–H groups in total. The molecule has 6 nitrogen and oxygen atoms in total. The van der Waals surface area contributed by atoms with Gasteiger partial charge in [-0.25, -0.2) is 0 Å². The van der Waals surface area contributed by atoms with Crippen molar-refractivity contribution in [3.8, 4) is 0 Å². The van der Waals surface area contributed by atoms with Crippen LogP contribution in [0.5, 0.6) is 0 Å². The minimum Gasteiger partial charge on any atom is -0.462 e.